The number of phosphoric acid groups is 3. The van der Waals surface area contributed by atoms with Crippen LogP contribution in [0.4, 0.5) is 17.7 Å². The van der Waals surface area contributed by atoms with Crippen LogP contribution in [0.5, 0.6) is 0 Å². The number of nitrogen functional groups attached to an aromatic ring is 3. The van der Waals surface area contributed by atoms with Crippen molar-refractivity contribution in [3.63, 3.8) is 0 Å². The summed E-state index contributed by atoms with van der Waals surface area (Å²) in [6.45, 7) is -8.27. The van der Waals surface area contributed by atoms with Gasteiger partial charge < -0.3 is 80.7 Å². The van der Waals surface area contributed by atoms with Crippen molar-refractivity contribution < 1.29 is 104 Å². The van der Waals surface area contributed by atoms with Gasteiger partial charge in [-0.25, -0.2) is 38.2 Å². The average molecular weight is 1160 g/mol. The largest absolute Gasteiger partial charge is 0.490 e. The molecule has 2 bridgehead atoms. The molecule has 6 aromatic heterocycles. The molecule has 4 fully saturated rings. The lowest BCUT2D eigenvalue weighted by Gasteiger charge is -2.32. The molecule has 4 aliphatic rings. The molecule has 408 valence electrons. The SMILES string of the molecule is Cn1c[n+]([C@@H]2O[C@H](COP(=O)(O)OP(=O)(O)OP(=O)(O)OC[C@]34CO[C@@H](C3OP(O)(=S)OC[C@H]3O[C@@H](n5cnc6c(=O)[nH]c(N)nc65)C(O)[C@H]3O)[C@H](n3cnc5c(N)ncnc53)O4)C(O)[C@@H]2O)c2nc(N)[nH]c(=O)c21. The van der Waals surface area contributed by atoms with Gasteiger partial charge in [0.15, 0.2) is 41.4 Å². The van der Waals surface area contributed by atoms with Gasteiger partial charge >= 0.3 is 35.8 Å². The summed E-state index contributed by atoms with van der Waals surface area (Å²) in [6.07, 6.45) is -12.8. The number of rotatable bonds is 18. The summed E-state index contributed by atoms with van der Waals surface area (Å²) in [5, 5.41) is 43.4. The van der Waals surface area contributed by atoms with E-state index in [1.807, 2.05) is 0 Å². The zero-order valence-electron chi connectivity index (χ0n) is 37.6. The third kappa shape index (κ3) is 10.1. The lowest BCUT2D eigenvalue weighted by molar-refractivity contribution is -0.745. The Hall–Kier alpha value is -4.73. The van der Waals surface area contributed by atoms with Crippen LogP contribution in [0.2, 0.25) is 0 Å². The van der Waals surface area contributed by atoms with E-state index in [4.69, 9.17) is 66.1 Å². The first kappa shape index (κ1) is 53.7. The monoisotopic (exact) mass is 1160 g/mol. The van der Waals surface area contributed by atoms with E-state index in [-0.39, 0.29) is 51.2 Å². The van der Waals surface area contributed by atoms with Crippen LogP contribution in [-0.4, -0.2) is 174 Å². The van der Waals surface area contributed by atoms with Crippen molar-refractivity contribution in [2.24, 2.45) is 7.05 Å². The Bertz CT molecular complexity index is 3550. The number of fused-ring (bicyclic) bond motifs is 5. The first-order valence-electron chi connectivity index (χ1n) is 21.3. The highest BCUT2D eigenvalue weighted by molar-refractivity contribution is 8.07. The van der Waals surface area contributed by atoms with Gasteiger partial charge in [-0.05, 0) is 11.8 Å². The molecule has 4 aliphatic heterocycles. The number of hydrogen-bond donors (Lipinski definition) is 13. The van der Waals surface area contributed by atoms with E-state index in [9.17, 15) is 63.3 Å². The number of aromatic amines is 2. The molecule has 0 spiro atoms. The number of nitrogens with two attached hydrogens (primary N) is 3. The Morgan fingerprint density at radius 3 is 2.15 bits per heavy atom. The van der Waals surface area contributed by atoms with Gasteiger partial charge in [-0.1, -0.05) is 4.98 Å². The third-order valence-electron chi connectivity index (χ3n) is 12.0. The van der Waals surface area contributed by atoms with E-state index < -0.39 is 141 Å². The number of H-pyrrole nitrogens is 2. The van der Waals surface area contributed by atoms with Crippen molar-refractivity contribution >= 4 is 93.2 Å². The first-order valence-corrected chi connectivity index (χ1v) is 28.3. The second-order valence-corrected chi connectivity index (χ2v) is 24.4. The van der Waals surface area contributed by atoms with Crippen molar-refractivity contribution in [1.82, 2.24) is 53.6 Å². The van der Waals surface area contributed by atoms with Gasteiger partial charge in [0.2, 0.25) is 17.7 Å². The number of nitrogens with zero attached hydrogens (tertiary/aromatic N) is 10. The van der Waals surface area contributed by atoms with Crippen molar-refractivity contribution in [3.8, 4) is 0 Å². The average Bonchev–Trinajstić information content (AvgIpc) is 4.23. The van der Waals surface area contributed by atoms with E-state index >= 15 is 0 Å². The predicted octanol–water partition coefficient (Wildman–Crippen LogP) is -4.84. The maximum absolute atomic E-state index is 13.3. The van der Waals surface area contributed by atoms with Gasteiger partial charge in [-0.2, -0.15) is 13.6 Å². The zero-order chi connectivity index (χ0) is 53.9. The molecule has 0 saturated carbocycles. The quantitative estimate of drug-likeness (QED) is 0.0284. The van der Waals surface area contributed by atoms with Crippen LogP contribution in [0.25, 0.3) is 33.5 Å². The van der Waals surface area contributed by atoms with Crippen LogP contribution >= 0.6 is 30.2 Å². The summed E-state index contributed by atoms with van der Waals surface area (Å²) >= 11 is 5.31. The van der Waals surface area contributed by atoms with Crippen molar-refractivity contribution in [2.75, 3.05) is 43.6 Å². The second-order valence-electron chi connectivity index (χ2n) is 17.0. The van der Waals surface area contributed by atoms with Gasteiger partial charge in [0.25, 0.3) is 17.1 Å². The van der Waals surface area contributed by atoms with Gasteiger partial charge in [0.1, 0.15) is 66.3 Å². The Labute approximate surface area is 419 Å². The molecule has 6 aromatic rings. The third-order valence-corrected chi connectivity index (χ3v) is 17.8. The molecule has 16 atom stereocenters. The van der Waals surface area contributed by atoms with E-state index in [1.165, 1.54) is 28.8 Å². The molecule has 38 nitrogen and oxygen atoms in total. The van der Waals surface area contributed by atoms with E-state index in [0.29, 0.717) is 0 Å². The van der Waals surface area contributed by atoms with Gasteiger partial charge in [0.05, 0.1) is 46.1 Å². The van der Waals surface area contributed by atoms with Crippen LogP contribution in [-0.2, 0) is 78.2 Å². The minimum atomic E-state index is -6.18. The molecular weight excluding hydrogens is 1120 g/mol. The van der Waals surface area contributed by atoms with Crippen molar-refractivity contribution in [1.29, 1.82) is 0 Å². The lowest BCUT2D eigenvalue weighted by atomic mass is 10.0. The number of aliphatic hydroxyl groups excluding tert-OH is 4. The van der Waals surface area contributed by atoms with Gasteiger partial charge in [-0.3, -0.25) is 46.8 Å². The maximum Gasteiger partial charge on any atom is 0.490 e. The number of aliphatic hydroxyl groups is 4. The molecule has 7 unspecified atom stereocenters. The molecule has 16 N–H and O–H groups in total. The Kier molecular flexibility index (Phi) is 13.8. The summed E-state index contributed by atoms with van der Waals surface area (Å²) in [5.41, 5.74) is 13.6. The lowest BCUT2D eigenvalue weighted by Crippen LogP contribution is -2.46. The van der Waals surface area contributed by atoms with Crippen LogP contribution in [0.3, 0.4) is 0 Å². The smallest absolute Gasteiger partial charge is 0.387 e. The fourth-order valence-electron chi connectivity index (χ4n) is 8.73. The van der Waals surface area contributed by atoms with Crippen molar-refractivity contribution in [3.05, 3.63) is 46.0 Å². The fourth-order valence-corrected chi connectivity index (χ4v) is 13.8. The van der Waals surface area contributed by atoms with Crippen molar-refractivity contribution in [2.45, 2.75) is 73.1 Å². The molecule has 43 heteroatoms. The highest BCUT2D eigenvalue weighted by Crippen LogP contribution is 2.68. The number of anilines is 3. The van der Waals surface area contributed by atoms with E-state index in [0.717, 1.165) is 21.8 Å². The number of ether oxygens (including phenoxy) is 4. The normalized spacial score (nSPS) is 32.0. The number of aromatic nitrogens is 12. The number of imidazole rings is 3. The Balaban J connectivity index is 0.809. The highest BCUT2D eigenvalue weighted by atomic mass is 32.5. The number of phosphoric ester groups is 2. The minimum Gasteiger partial charge on any atom is -0.387 e. The molecule has 4 saturated heterocycles. The predicted molar refractivity (Wildman–Crippen MR) is 244 cm³/mol. The number of nitrogens with one attached hydrogen (secondary N) is 2. The molecule has 0 aromatic carbocycles. The Morgan fingerprint density at radius 2 is 1.41 bits per heavy atom. The first-order chi connectivity index (χ1) is 35.2. The van der Waals surface area contributed by atoms with Crippen LogP contribution < -0.4 is 32.9 Å². The molecule has 0 radical (unpaired) electrons. The maximum atomic E-state index is 13.3. The second kappa shape index (κ2) is 19.3. The summed E-state index contributed by atoms with van der Waals surface area (Å²) in [6, 6.07) is 0. The molecule has 0 aliphatic carbocycles. The van der Waals surface area contributed by atoms with Crippen LogP contribution in [0.1, 0.15) is 18.7 Å². The Morgan fingerprint density at radius 1 is 0.787 bits per heavy atom. The summed E-state index contributed by atoms with van der Waals surface area (Å²) in [5.74, 6) is -0.634. The molecular formula is C32H42N15O23P4S+. The zero-order valence-corrected chi connectivity index (χ0v) is 42.0. The number of aryl methyl sites for hydroxylation is 1. The van der Waals surface area contributed by atoms with Crippen LogP contribution in [0.15, 0.2) is 34.9 Å². The highest BCUT2D eigenvalue weighted by Gasteiger charge is 2.65. The molecule has 75 heavy (non-hydrogen) atoms. The fraction of sp³-hybridized carbons (Fsp3) is 0.531. The van der Waals surface area contributed by atoms with Crippen LogP contribution in [0, 0.1) is 0 Å². The molecule has 0 amide bonds. The van der Waals surface area contributed by atoms with E-state index in [2.05, 4.69) is 48.5 Å². The van der Waals surface area contributed by atoms with E-state index in [1.54, 1.807) is 0 Å². The molecule has 10 rings (SSSR count). The minimum absolute atomic E-state index is 0.0147. The number of hydrogen-bond acceptors (Lipinski definition) is 29. The topological polar surface area (TPSA) is 545 Å². The van der Waals surface area contributed by atoms with Gasteiger partial charge in [0, 0.05) is 0 Å². The molecule has 10 heterocycles. The summed E-state index contributed by atoms with van der Waals surface area (Å²) < 4.78 is 97.5. The standard InChI is InChI=1S/C32H41N15O23P4S/c1-44-9-47(24-14(44)26(53)43-31(35)41-24)28-18(51)15(48)10(66-28)2-62-71(54,55)69-73(58,59)70-72(56,57)64-5-32-4-61-19(29(67-32)45-7-38-12-21(33)36-6-37-22(12)45)20(32)68-74(60,75)63-3-11-16(49)17(50)27(65-11)46-8-39-13-23(46)40-30(34)42-25(13)52/h6-11,15-20,27-29,48-51H,2-5H2,1H3,(H11-,33,34,35,36,37,40,41,42,43,52,53,54,55,56,57,58,59,60,75)/p+1/t10-,11-,15?,16+,17?,18+,19+,20?,27-,28-,29-,32-,74?/m1/s1. The summed E-state index contributed by atoms with van der Waals surface area (Å²) in [4.78, 5) is 96.6. The summed E-state index contributed by atoms with van der Waals surface area (Å²) in [7, 11) is -16.5. The van der Waals surface area contributed by atoms with Gasteiger partial charge in [-0.15, -0.1) is 0 Å².